The maximum absolute atomic E-state index is 12.1. The van der Waals surface area contributed by atoms with Crippen molar-refractivity contribution in [3.05, 3.63) is 39.3 Å². The van der Waals surface area contributed by atoms with E-state index in [0.717, 1.165) is 17.9 Å². The van der Waals surface area contributed by atoms with E-state index in [1.165, 1.54) is 0 Å². The van der Waals surface area contributed by atoms with Gasteiger partial charge in [-0.25, -0.2) is 0 Å². The van der Waals surface area contributed by atoms with Crippen LogP contribution in [-0.4, -0.2) is 60.7 Å². The number of carbonyl (C=O) groups excluding carboxylic acids is 2. The summed E-state index contributed by atoms with van der Waals surface area (Å²) in [5.41, 5.74) is 0.574. The van der Waals surface area contributed by atoms with E-state index in [4.69, 9.17) is 16.3 Å². The Hall–Kier alpha value is -2.07. The van der Waals surface area contributed by atoms with Gasteiger partial charge in [-0.05, 0) is 32.3 Å². The molecule has 0 aliphatic carbocycles. The van der Waals surface area contributed by atoms with Gasteiger partial charge in [-0.1, -0.05) is 29.0 Å². The molecule has 0 fully saturated rings. The maximum atomic E-state index is 12.1. The van der Waals surface area contributed by atoms with E-state index in [-0.39, 0.29) is 30.0 Å². The van der Waals surface area contributed by atoms with E-state index < -0.39 is 0 Å². The number of aromatic nitrogens is 2. The molecule has 10 heteroatoms. The average Bonchev–Trinajstić information content (AvgIpc) is 3.03. The number of hydrogen-bond acceptors (Lipinski definition) is 7. The van der Waals surface area contributed by atoms with Crippen LogP contribution >= 0.6 is 22.9 Å². The van der Waals surface area contributed by atoms with Crippen molar-refractivity contribution in [1.82, 2.24) is 20.4 Å². The largest absolute Gasteiger partial charge is 0.364 e. The van der Waals surface area contributed by atoms with E-state index in [9.17, 15) is 9.59 Å². The zero-order valence-electron chi connectivity index (χ0n) is 14.5. The van der Waals surface area contributed by atoms with Crippen molar-refractivity contribution in [2.45, 2.75) is 6.61 Å². The fraction of sp³-hybridized carbons (Fsp3) is 0.375. The Morgan fingerprint density at radius 2 is 2.12 bits per heavy atom. The predicted octanol–water partition coefficient (Wildman–Crippen LogP) is 1.64. The number of nitrogens with zero attached hydrogens (tertiary/aromatic N) is 3. The molecule has 0 bridgehead atoms. The first-order chi connectivity index (χ1) is 12.4. The maximum Gasteiger partial charge on any atom is 0.286 e. The van der Waals surface area contributed by atoms with Gasteiger partial charge >= 0.3 is 0 Å². The van der Waals surface area contributed by atoms with Gasteiger partial charge in [0.15, 0.2) is 0 Å². The van der Waals surface area contributed by atoms with Crippen LogP contribution < -0.4 is 10.6 Å². The van der Waals surface area contributed by atoms with Gasteiger partial charge in [0.1, 0.15) is 18.2 Å². The number of ether oxygens (including phenoxy) is 1. The number of carbonyl (C=O) groups is 2. The van der Waals surface area contributed by atoms with Gasteiger partial charge in [0.25, 0.3) is 5.91 Å². The summed E-state index contributed by atoms with van der Waals surface area (Å²) in [6.45, 7) is 1.36. The van der Waals surface area contributed by atoms with Gasteiger partial charge < -0.3 is 20.3 Å². The Kier molecular flexibility index (Phi) is 7.92. The van der Waals surface area contributed by atoms with Crippen molar-refractivity contribution >= 4 is 40.4 Å². The Morgan fingerprint density at radius 1 is 1.31 bits per heavy atom. The van der Waals surface area contributed by atoms with Crippen molar-refractivity contribution < 1.29 is 14.3 Å². The van der Waals surface area contributed by atoms with Gasteiger partial charge in [0, 0.05) is 23.8 Å². The molecule has 0 radical (unpaired) electrons. The molecule has 140 valence electrons. The quantitative estimate of drug-likeness (QED) is 0.667. The number of benzene rings is 1. The standard InChI is InChI=1S/C16H20ClN5O3S/c1-22(2)7-6-18-13(23)9-25-10-14-20-21-16(26-14)15(24)19-12-5-3-4-11(17)8-12/h3-5,8H,6-7,9-10H2,1-2H3,(H,18,23)(H,19,24). The zero-order valence-corrected chi connectivity index (χ0v) is 16.1. The average molecular weight is 398 g/mol. The van der Waals surface area contributed by atoms with Crippen molar-refractivity contribution in [2.75, 3.05) is 39.1 Å². The van der Waals surface area contributed by atoms with Crippen LogP contribution in [0.15, 0.2) is 24.3 Å². The molecule has 2 aromatic rings. The van der Waals surface area contributed by atoms with Crippen LogP contribution in [0.25, 0.3) is 0 Å². The van der Waals surface area contributed by atoms with Crippen molar-refractivity contribution in [3.8, 4) is 0 Å². The van der Waals surface area contributed by atoms with Crippen LogP contribution in [-0.2, 0) is 16.1 Å². The first-order valence-electron chi connectivity index (χ1n) is 7.82. The minimum absolute atomic E-state index is 0.0724. The lowest BCUT2D eigenvalue weighted by Gasteiger charge is -2.10. The Labute approximate surface area is 160 Å². The summed E-state index contributed by atoms with van der Waals surface area (Å²) in [7, 11) is 3.86. The molecule has 2 amide bonds. The van der Waals surface area contributed by atoms with E-state index in [1.54, 1.807) is 24.3 Å². The summed E-state index contributed by atoms with van der Waals surface area (Å²) in [4.78, 5) is 25.7. The lowest BCUT2D eigenvalue weighted by atomic mass is 10.3. The molecule has 2 N–H and O–H groups in total. The third-order valence-electron chi connectivity index (χ3n) is 3.08. The molecule has 1 aromatic carbocycles. The van der Waals surface area contributed by atoms with E-state index in [1.807, 2.05) is 19.0 Å². The molecule has 8 nitrogen and oxygen atoms in total. The van der Waals surface area contributed by atoms with Gasteiger partial charge in [-0.15, -0.1) is 10.2 Å². The molecule has 26 heavy (non-hydrogen) atoms. The third kappa shape index (κ3) is 7.04. The topological polar surface area (TPSA) is 96.5 Å². The number of hydrogen-bond donors (Lipinski definition) is 2. The monoisotopic (exact) mass is 397 g/mol. The highest BCUT2D eigenvalue weighted by Gasteiger charge is 2.13. The molecule has 1 aromatic heterocycles. The zero-order chi connectivity index (χ0) is 18.9. The van der Waals surface area contributed by atoms with Gasteiger partial charge in [0.05, 0.1) is 0 Å². The van der Waals surface area contributed by atoms with Gasteiger partial charge in [-0.2, -0.15) is 0 Å². The summed E-state index contributed by atoms with van der Waals surface area (Å²) in [6, 6.07) is 6.82. The molecule has 0 atom stereocenters. The second-order valence-electron chi connectivity index (χ2n) is 5.61. The minimum Gasteiger partial charge on any atom is -0.364 e. The molecule has 0 saturated heterocycles. The molecular formula is C16H20ClN5O3S. The molecule has 0 saturated carbocycles. The number of nitrogens with one attached hydrogen (secondary N) is 2. The molecule has 0 aliphatic rings. The highest BCUT2D eigenvalue weighted by Crippen LogP contribution is 2.17. The fourth-order valence-electron chi connectivity index (χ4n) is 1.86. The van der Waals surface area contributed by atoms with E-state index in [0.29, 0.717) is 22.3 Å². The first-order valence-corrected chi connectivity index (χ1v) is 9.02. The molecule has 0 unspecified atom stereocenters. The van der Waals surface area contributed by atoms with Crippen molar-refractivity contribution in [2.24, 2.45) is 0 Å². The number of likely N-dealkylation sites (N-methyl/N-ethyl adjacent to an activating group) is 1. The first kappa shape index (κ1) is 20.2. The normalized spacial score (nSPS) is 10.8. The van der Waals surface area contributed by atoms with Crippen molar-refractivity contribution in [1.29, 1.82) is 0 Å². The number of rotatable bonds is 9. The van der Waals surface area contributed by atoms with E-state index >= 15 is 0 Å². The summed E-state index contributed by atoms with van der Waals surface area (Å²) >= 11 is 6.99. The highest BCUT2D eigenvalue weighted by atomic mass is 35.5. The van der Waals surface area contributed by atoms with Crippen LogP contribution in [0.3, 0.4) is 0 Å². The van der Waals surface area contributed by atoms with Crippen LogP contribution in [0, 0.1) is 0 Å². The number of halogens is 1. The third-order valence-corrected chi connectivity index (χ3v) is 4.21. The summed E-state index contributed by atoms with van der Waals surface area (Å²) in [5.74, 6) is -0.576. The molecular weight excluding hydrogens is 378 g/mol. The highest BCUT2D eigenvalue weighted by molar-refractivity contribution is 7.13. The van der Waals surface area contributed by atoms with Gasteiger partial charge in [-0.3, -0.25) is 9.59 Å². The Balaban J connectivity index is 1.75. The van der Waals surface area contributed by atoms with Crippen LogP contribution in [0.5, 0.6) is 0 Å². The van der Waals surface area contributed by atoms with Gasteiger partial charge in [0.2, 0.25) is 10.9 Å². The second-order valence-corrected chi connectivity index (χ2v) is 7.11. The van der Waals surface area contributed by atoms with Crippen LogP contribution in [0.4, 0.5) is 5.69 Å². The SMILES string of the molecule is CN(C)CCNC(=O)COCc1nnc(C(=O)Nc2cccc(Cl)c2)s1. The van der Waals surface area contributed by atoms with Crippen LogP contribution in [0.1, 0.15) is 14.8 Å². The minimum atomic E-state index is -0.377. The van der Waals surface area contributed by atoms with E-state index in [2.05, 4.69) is 20.8 Å². The molecule has 1 heterocycles. The lowest BCUT2D eigenvalue weighted by molar-refractivity contribution is -0.126. The number of amides is 2. The molecule has 2 rings (SSSR count). The summed E-state index contributed by atoms with van der Waals surface area (Å²) < 4.78 is 5.30. The fourth-order valence-corrected chi connectivity index (χ4v) is 2.72. The lowest BCUT2D eigenvalue weighted by Crippen LogP contribution is -2.33. The summed E-state index contributed by atoms with van der Waals surface area (Å²) in [6.07, 6.45) is 0. The second kappa shape index (κ2) is 10.2. The van der Waals surface area contributed by atoms with Crippen molar-refractivity contribution in [3.63, 3.8) is 0 Å². The number of anilines is 1. The predicted molar refractivity (Wildman–Crippen MR) is 101 cm³/mol. The molecule has 0 aliphatic heterocycles. The Morgan fingerprint density at radius 3 is 2.85 bits per heavy atom. The summed E-state index contributed by atoms with van der Waals surface area (Å²) in [5, 5.41) is 14.4. The molecule has 0 spiro atoms. The smallest absolute Gasteiger partial charge is 0.286 e. The Bertz CT molecular complexity index is 753. The van der Waals surface area contributed by atoms with Crippen LogP contribution in [0.2, 0.25) is 5.02 Å².